The molecule has 0 bridgehead atoms. The van der Waals surface area contributed by atoms with Gasteiger partial charge in [0.15, 0.2) is 0 Å². The maximum absolute atomic E-state index is 12.3. The van der Waals surface area contributed by atoms with Crippen molar-refractivity contribution in [3.05, 3.63) is 34.9 Å². The van der Waals surface area contributed by atoms with Crippen LogP contribution >= 0.6 is 0 Å². The molecule has 1 aromatic carbocycles. The molecule has 0 radical (unpaired) electrons. The Morgan fingerprint density at radius 1 is 1.09 bits per heavy atom. The van der Waals surface area contributed by atoms with Crippen molar-refractivity contribution in [2.24, 2.45) is 0 Å². The van der Waals surface area contributed by atoms with Gasteiger partial charge in [-0.1, -0.05) is 37.8 Å². The highest BCUT2D eigenvalue weighted by Crippen LogP contribution is 2.23. The summed E-state index contributed by atoms with van der Waals surface area (Å²) in [5.74, 6) is -0.723. The number of carbonyl (C=O) groups is 3. The van der Waals surface area contributed by atoms with E-state index in [0.717, 1.165) is 24.8 Å². The summed E-state index contributed by atoms with van der Waals surface area (Å²) < 4.78 is 0. The van der Waals surface area contributed by atoms with E-state index in [1.807, 2.05) is 13.0 Å². The number of unbranched alkanes of at least 4 members (excludes halogenated alkanes) is 3. The molecule has 0 aromatic heterocycles. The average Bonchev–Trinajstić information content (AvgIpc) is 2.76. The molecule has 0 spiro atoms. The van der Waals surface area contributed by atoms with Crippen molar-refractivity contribution in [1.29, 1.82) is 0 Å². The summed E-state index contributed by atoms with van der Waals surface area (Å²) in [4.78, 5) is 37.5. The van der Waals surface area contributed by atoms with Crippen LogP contribution in [0.15, 0.2) is 18.2 Å². The van der Waals surface area contributed by atoms with E-state index < -0.39 is 0 Å². The minimum Gasteiger partial charge on any atom is -0.356 e. The second-order valence-electron chi connectivity index (χ2n) is 5.97. The van der Waals surface area contributed by atoms with E-state index in [0.29, 0.717) is 17.7 Å². The lowest BCUT2D eigenvalue weighted by Crippen LogP contribution is -2.34. The summed E-state index contributed by atoms with van der Waals surface area (Å²) in [5, 5.41) is 2.84. The number of hydrogen-bond acceptors (Lipinski definition) is 3. The van der Waals surface area contributed by atoms with Gasteiger partial charge < -0.3 is 5.32 Å². The number of nitrogens with one attached hydrogen (secondary N) is 1. The van der Waals surface area contributed by atoms with Crippen molar-refractivity contribution in [3.8, 4) is 0 Å². The molecule has 3 amide bonds. The van der Waals surface area contributed by atoms with Crippen molar-refractivity contribution in [1.82, 2.24) is 10.2 Å². The molecule has 1 aliphatic heterocycles. The van der Waals surface area contributed by atoms with Crippen LogP contribution in [0, 0.1) is 6.92 Å². The smallest absolute Gasteiger partial charge is 0.261 e. The number of nitrogens with zero attached hydrogens (tertiary/aromatic N) is 1. The molecular formula is C18H24N2O3. The van der Waals surface area contributed by atoms with E-state index in [1.165, 1.54) is 11.3 Å². The first-order chi connectivity index (χ1) is 11.0. The lowest BCUT2D eigenvalue weighted by Gasteiger charge is -2.13. The van der Waals surface area contributed by atoms with Gasteiger partial charge in [-0.25, -0.2) is 0 Å². The predicted octanol–water partition coefficient (Wildman–Crippen LogP) is 2.68. The zero-order valence-corrected chi connectivity index (χ0v) is 13.9. The van der Waals surface area contributed by atoms with E-state index in [-0.39, 0.29) is 30.7 Å². The molecule has 124 valence electrons. The molecule has 1 aromatic rings. The molecule has 23 heavy (non-hydrogen) atoms. The molecule has 1 N–H and O–H groups in total. The summed E-state index contributed by atoms with van der Waals surface area (Å²) in [6.45, 7) is 4.81. The topological polar surface area (TPSA) is 66.5 Å². The second kappa shape index (κ2) is 7.90. The van der Waals surface area contributed by atoms with Gasteiger partial charge in [0.2, 0.25) is 5.91 Å². The number of imide groups is 1. The minimum atomic E-state index is -0.305. The second-order valence-corrected chi connectivity index (χ2v) is 5.97. The van der Waals surface area contributed by atoms with E-state index in [2.05, 4.69) is 12.2 Å². The molecule has 5 nitrogen and oxygen atoms in total. The third-order valence-corrected chi connectivity index (χ3v) is 4.04. The number of benzene rings is 1. The lowest BCUT2D eigenvalue weighted by atomic mass is 10.1. The fourth-order valence-electron chi connectivity index (χ4n) is 2.69. The molecule has 0 saturated carbocycles. The van der Waals surface area contributed by atoms with Crippen molar-refractivity contribution in [2.45, 2.75) is 46.0 Å². The minimum absolute atomic E-state index is 0.116. The predicted molar refractivity (Wildman–Crippen MR) is 88.3 cm³/mol. The molecule has 0 aliphatic carbocycles. The molecule has 0 fully saturated rings. The quantitative estimate of drug-likeness (QED) is 0.592. The Balaban J connectivity index is 1.82. The Morgan fingerprint density at radius 3 is 2.57 bits per heavy atom. The van der Waals surface area contributed by atoms with E-state index >= 15 is 0 Å². The van der Waals surface area contributed by atoms with Crippen LogP contribution in [0.3, 0.4) is 0 Å². The molecule has 1 aliphatic rings. The first-order valence-electron chi connectivity index (χ1n) is 8.28. The first kappa shape index (κ1) is 17.2. The summed E-state index contributed by atoms with van der Waals surface area (Å²) in [5.41, 5.74) is 1.81. The molecule has 2 rings (SSSR count). The standard InChI is InChI=1S/C18H24N2O3/c1-3-4-5-6-10-19-16(21)9-11-20-17(22)14-8-7-13(2)12-15(14)18(20)23/h7-8,12H,3-6,9-11H2,1-2H3,(H,19,21). The maximum atomic E-state index is 12.3. The number of rotatable bonds is 8. The Morgan fingerprint density at radius 2 is 1.83 bits per heavy atom. The van der Waals surface area contributed by atoms with Gasteiger partial charge in [0.25, 0.3) is 11.8 Å². The fraction of sp³-hybridized carbons (Fsp3) is 0.500. The summed E-state index contributed by atoms with van der Waals surface area (Å²) >= 11 is 0. The van der Waals surface area contributed by atoms with Gasteiger partial charge in [-0.15, -0.1) is 0 Å². The van der Waals surface area contributed by atoms with Crippen LogP contribution < -0.4 is 5.32 Å². The number of aryl methyl sites for hydroxylation is 1. The van der Waals surface area contributed by atoms with Gasteiger partial charge in [0.1, 0.15) is 0 Å². The zero-order valence-electron chi connectivity index (χ0n) is 13.9. The molecular weight excluding hydrogens is 292 g/mol. The normalized spacial score (nSPS) is 13.4. The van der Waals surface area contributed by atoms with Gasteiger partial charge in [0.05, 0.1) is 11.1 Å². The van der Waals surface area contributed by atoms with E-state index in [9.17, 15) is 14.4 Å². The maximum Gasteiger partial charge on any atom is 0.261 e. The van der Waals surface area contributed by atoms with Gasteiger partial charge >= 0.3 is 0 Å². The van der Waals surface area contributed by atoms with Crippen LogP contribution in [-0.4, -0.2) is 35.7 Å². The number of carbonyl (C=O) groups excluding carboxylic acids is 3. The zero-order chi connectivity index (χ0) is 16.8. The van der Waals surface area contributed by atoms with Crippen LogP contribution in [-0.2, 0) is 4.79 Å². The summed E-state index contributed by atoms with van der Waals surface area (Å²) in [6.07, 6.45) is 4.55. The fourth-order valence-corrected chi connectivity index (χ4v) is 2.69. The van der Waals surface area contributed by atoms with Crippen LogP contribution in [0.25, 0.3) is 0 Å². The summed E-state index contributed by atoms with van der Waals surface area (Å²) in [7, 11) is 0. The van der Waals surface area contributed by atoms with Crippen LogP contribution in [0.1, 0.15) is 65.3 Å². The Kier molecular flexibility index (Phi) is 5.90. The van der Waals surface area contributed by atoms with Crippen molar-refractivity contribution in [2.75, 3.05) is 13.1 Å². The largest absolute Gasteiger partial charge is 0.356 e. The highest BCUT2D eigenvalue weighted by molar-refractivity contribution is 6.21. The van der Waals surface area contributed by atoms with E-state index in [4.69, 9.17) is 0 Å². The average molecular weight is 316 g/mol. The van der Waals surface area contributed by atoms with Gasteiger partial charge in [-0.05, 0) is 25.5 Å². The highest BCUT2D eigenvalue weighted by atomic mass is 16.2. The Bertz CT molecular complexity index is 610. The summed E-state index contributed by atoms with van der Waals surface area (Å²) in [6, 6.07) is 5.22. The third-order valence-electron chi connectivity index (χ3n) is 4.04. The molecule has 5 heteroatoms. The van der Waals surface area contributed by atoms with Crippen molar-refractivity contribution in [3.63, 3.8) is 0 Å². The van der Waals surface area contributed by atoms with Crippen molar-refractivity contribution < 1.29 is 14.4 Å². The van der Waals surface area contributed by atoms with Crippen LogP contribution in [0.4, 0.5) is 0 Å². The SMILES string of the molecule is CCCCCCNC(=O)CCN1C(=O)c2ccc(C)cc2C1=O. The Labute approximate surface area is 137 Å². The molecule has 0 saturated heterocycles. The van der Waals surface area contributed by atoms with Gasteiger partial charge in [-0.3, -0.25) is 19.3 Å². The monoisotopic (exact) mass is 316 g/mol. The van der Waals surface area contributed by atoms with E-state index in [1.54, 1.807) is 12.1 Å². The number of hydrogen-bond donors (Lipinski definition) is 1. The first-order valence-corrected chi connectivity index (χ1v) is 8.28. The van der Waals surface area contributed by atoms with Crippen LogP contribution in [0.5, 0.6) is 0 Å². The molecule has 0 unspecified atom stereocenters. The Hall–Kier alpha value is -2.17. The number of amides is 3. The van der Waals surface area contributed by atoms with Crippen LogP contribution in [0.2, 0.25) is 0 Å². The number of fused-ring (bicyclic) bond motifs is 1. The van der Waals surface area contributed by atoms with Gasteiger partial charge in [-0.2, -0.15) is 0 Å². The van der Waals surface area contributed by atoms with Crippen molar-refractivity contribution >= 4 is 17.7 Å². The lowest BCUT2D eigenvalue weighted by molar-refractivity contribution is -0.121. The third kappa shape index (κ3) is 4.18. The highest BCUT2D eigenvalue weighted by Gasteiger charge is 2.35. The molecule has 0 atom stereocenters. The van der Waals surface area contributed by atoms with Gasteiger partial charge in [0, 0.05) is 19.5 Å². The molecule has 1 heterocycles.